The quantitative estimate of drug-likeness (QED) is 0.887. The number of carboxylic acids is 1. The van der Waals surface area contributed by atoms with Crippen molar-refractivity contribution in [1.82, 2.24) is 5.32 Å². The van der Waals surface area contributed by atoms with Crippen LogP contribution in [0.1, 0.15) is 39.5 Å². The number of carbonyl (C=O) groups excluding carboxylic acids is 1. The maximum atomic E-state index is 12.8. The van der Waals surface area contributed by atoms with Crippen molar-refractivity contribution in [2.75, 3.05) is 0 Å². The number of hydrogen-bond donors (Lipinski definition) is 2. The van der Waals surface area contributed by atoms with Gasteiger partial charge in [0, 0.05) is 0 Å². The molecule has 1 heterocycles. The molecule has 3 rings (SSSR count). The number of amides is 1. The third-order valence-corrected chi connectivity index (χ3v) is 5.02. The van der Waals surface area contributed by atoms with E-state index >= 15 is 0 Å². The van der Waals surface area contributed by atoms with Gasteiger partial charge >= 0.3 is 5.97 Å². The molecule has 24 heavy (non-hydrogen) atoms. The van der Waals surface area contributed by atoms with Gasteiger partial charge in [-0.3, -0.25) is 9.59 Å². The van der Waals surface area contributed by atoms with Crippen molar-refractivity contribution in [1.29, 1.82) is 0 Å². The average Bonchev–Trinajstić information content (AvgIpc) is 2.53. The summed E-state index contributed by atoms with van der Waals surface area (Å²) in [6, 6.07) is 7.21. The van der Waals surface area contributed by atoms with Crippen LogP contribution in [0.5, 0.6) is 11.5 Å². The van der Waals surface area contributed by atoms with E-state index in [4.69, 9.17) is 9.47 Å². The number of benzene rings is 1. The summed E-state index contributed by atoms with van der Waals surface area (Å²) in [5, 5.41) is 12.4. The van der Waals surface area contributed by atoms with Gasteiger partial charge < -0.3 is 19.9 Å². The zero-order valence-corrected chi connectivity index (χ0v) is 14.0. The summed E-state index contributed by atoms with van der Waals surface area (Å²) in [6.07, 6.45) is 1.75. The number of ether oxygens (including phenoxy) is 2. The van der Waals surface area contributed by atoms with Gasteiger partial charge in [0.15, 0.2) is 11.5 Å². The largest absolute Gasteiger partial charge is 0.482 e. The Morgan fingerprint density at radius 2 is 1.88 bits per heavy atom. The Balaban J connectivity index is 1.76. The molecule has 1 fully saturated rings. The van der Waals surface area contributed by atoms with E-state index in [-0.39, 0.29) is 5.91 Å². The summed E-state index contributed by atoms with van der Waals surface area (Å²) < 4.78 is 11.6. The fourth-order valence-corrected chi connectivity index (χ4v) is 3.64. The van der Waals surface area contributed by atoms with Crippen LogP contribution in [0.2, 0.25) is 0 Å². The van der Waals surface area contributed by atoms with Crippen LogP contribution in [0.4, 0.5) is 0 Å². The Kier molecular flexibility index (Phi) is 4.39. The van der Waals surface area contributed by atoms with Crippen molar-refractivity contribution in [3.05, 3.63) is 24.3 Å². The SMILES string of the molecule is C[C@@H]1Oc2ccccc2O[C@@H]1C(=O)N[C@@]1(C)CCCC[C@H]1C(=O)O. The molecule has 2 N–H and O–H groups in total. The number of rotatable bonds is 3. The van der Waals surface area contributed by atoms with Gasteiger partial charge in [-0.15, -0.1) is 0 Å². The number of hydrogen-bond acceptors (Lipinski definition) is 4. The molecule has 4 atom stereocenters. The van der Waals surface area contributed by atoms with Gasteiger partial charge in [-0.1, -0.05) is 25.0 Å². The molecule has 1 aliphatic carbocycles. The van der Waals surface area contributed by atoms with E-state index in [9.17, 15) is 14.7 Å². The van der Waals surface area contributed by atoms with Gasteiger partial charge in [-0.25, -0.2) is 0 Å². The minimum Gasteiger partial charge on any atom is -0.482 e. The Bertz CT molecular complexity index is 646. The summed E-state index contributed by atoms with van der Waals surface area (Å²) in [5.74, 6) is -0.632. The van der Waals surface area contributed by atoms with Crippen LogP contribution in [0, 0.1) is 5.92 Å². The maximum Gasteiger partial charge on any atom is 0.308 e. The van der Waals surface area contributed by atoms with Crippen molar-refractivity contribution in [2.24, 2.45) is 5.92 Å². The van der Waals surface area contributed by atoms with Crippen LogP contribution in [0.15, 0.2) is 24.3 Å². The Hall–Kier alpha value is -2.24. The normalized spacial score (nSPS) is 32.0. The van der Waals surface area contributed by atoms with Crippen LogP contribution in [0.25, 0.3) is 0 Å². The van der Waals surface area contributed by atoms with Crippen LogP contribution < -0.4 is 14.8 Å². The zero-order chi connectivity index (χ0) is 17.3. The van der Waals surface area contributed by atoms with E-state index < -0.39 is 29.6 Å². The second-order valence-electron chi connectivity index (χ2n) is 6.85. The molecule has 0 aromatic heterocycles. The molecular weight excluding hydrogens is 310 g/mol. The lowest BCUT2D eigenvalue weighted by atomic mass is 9.73. The van der Waals surface area contributed by atoms with Crippen molar-refractivity contribution in [3.63, 3.8) is 0 Å². The molecule has 0 spiro atoms. The third kappa shape index (κ3) is 3.05. The van der Waals surface area contributed by atoms with E-state index in [0.29, 0.717) is 24.3 Å². The minimum atomic E-state index is -0.864. The van der Waals surface area contributed by atoms with Gasteiger partial charge in [-0.2, -0.15) is 0 Å². The standard InChI is InChI=1S/C18H23NO5/c1-11-15(24-14-9-4-3-8-13(14)23-11)16(20)19-18(2)10-6-5-7-12(18)17(21)22/h3-4,8-9,11-12,15H,5-7,10H2,1-2H3,(H,19,20)(H,21,22)/t11-,12-,15-,18-/m0/s1. The lowest BCUT2D eigenvalue weighted by molar-refractivity contribution is -0.148. The molecule has 0 radical (unpaired) electrons. The molecule has 2 aliphatic rings. The first kappa shape index (κ1) is 16.6. The zero-order valence-electron chi connectivity index (χ0n) is 14.0. The molecular formula is C18H23NO5. The van der Waals surface area contributed by atoms with Crippen molar-refractivity contribution >= 4 is 11.9 Å². The smallest absolute Gasteiger partial charge is 0.308 e. The lowest BCUT2D eigenvalue weighted by Gasteiger charge is -2.41. The van der Waals surface area contributed by atoms with E-state index in [0.717, 1.165) is 12.8 Å². The fraction of sp³-hybridized carbons (Fsp3) is 0.556. The van der Waals surface area contributed by atoms with Gasteiger partial charge in [0.2, 0.25) is 6.10 Å². The van der Waals surface area contributed by atoms with Gasteiger partial charge in [0.25, 0.3) is 5.91 Å². The Morgan fingerprint density at radius 1 is 1.21 bits per heavy atom. The summed E-state index contributed by atoms with van der Waals surface area (Å²) in [5.41, 5.74) is -0.763. The maximum absolute atomic E-state index is 12.8. The summed E-state index contributed by atoms with van der Waals surface area (Å²) >= 11 is 0. The fourth-order valence-electron chi connectivity index (χ4n) is 3.64. The first-order chi connectivity index (χ1) is 11.4. The number of para-hydroxylation sites is 2. The third-order valence-electron chi connectivity index (χ3n) is 5.02. The van der Waals surface area contributed by atoms with Gasteiger partial charge in [0.05, 0.1) is 11.5 Å². The van der Waals surface area contributed by atoms with E-state index in [2.05, 4.69) is 5.32 Å². The molecule has 6 nitrogen and oxygen atoms in total. The number of nitrogens with one attached hydrogen (secondary N) is 1. The Morgan fingerprint density at radius 3 is 2.54 bits per heavy atom. The predicted octanol–water partition coefficient (Wildman–Crippen LogP) is 2.36. The minimum absolute atomic E-state index is 0.326. The van der Waals surface area contributed by atoms with Crippen LogP contribution >= 0.6 is 0 Å². The second kappa shape index (κ2) is 6.34. The number of aliphatic carboxylic acids is 1. The molecule has 1 aromatic carbocycles. The molecule has 1 saturated carbocycles. The molecule has 0 saturated heterocycles. The highest BCUT2D eigenvalue weighted by atomic mass is 16.6. The molecule has 130 valence electrons. The molecule has 1 aliphatic heterocycles. The monoisotopic (exact) mass is 333 g/mol. The molecule has 1 amide bonds. The Labute approximate surface area is 141 Å². The first-order valence-corrected chi connectivity index (χ1v) is 8.38. The average molecular weight is 333 g/mol. The van der Waals surface area contributed by atoms with Crippen molar-refractivity contribution in [3.8, 4) is 11.5 Å². The number of fused-ring (bicyclic) bond motifs is 1. The van der Waals surface area contributed by atoms with Gasteiger partial charge in [-0.05, 0) is 38.8 Å². The van der Waals surface area contributed by atoms with E-state index in [1.807, 2.05) is 19.1 Å². The second-order valence-corrected chi connectivity index (χ2v) is 6.85. The molecule has 0 bridgehead atoms. The highest BCUT2D eigenvalue weighted by molar-refractivity contribution is 5.84. The van der Waals surface area contributed by atoms with Crippen LogP contribution in [0.3, 0.4) is 0 Å². The lowest BCUT2D eigenvalue weighted by Crippen LogP contribution is -2.60. The number of carbonyl (C=O) groups is 2. The summed E-state index contributed by atoms with van der Waals surface area (Å²) in [4.78, 5) is 24.3. The molecule has 0 unspecified atom stereocenters. The number of carboxylic acid groups (broad SMARTS) is 1. The van der Waals surface area contributed by atoms with E-state index in [1.54, 1.807) is 19.1 Å². The summed E-state index contributed by atoms with van der Waals surface area (Å²) in [6.45, 7) is 3.59. The first-order valence-electron chi connectivity index (χ1n) is 8.38. The van der Waals surface area contributed by atoms with E-state index in [1.165, 1.54) is 0 Å². The van der Waals surface area contributed by atoms with Crippen LogP contribution in [-0.2, 0) is 9.59 Å². The van der Waals surface area contributed by atoms with Crippen molar-refractivity contribution < 1.29 is 24.2 Å². The topological polar surface area (TPSA) is 84.9 Å². The molecule has 1 aromatic rings. The predicted molar refractivity (Wildman–Crippen MR) is 87.1 cm³/mol. The van der Waals surface area contributed by atoms with Crippen molar-refractivity contribution in [2.45, 2.75) is 57.3 Å². The highest BCUT2D eigenvalue weighted by Crippen LogP contribution is 2.36. The summed E-state index contributed by atoms with van der Waals surface area (Å²) in [7, 11) is 0. The van der Waals surface area contributed by atoms with Crippen LogP contribution in [-0.4, -0.2) is 34.7 Å². The van der Waals surface area contributed by atoms with Gasteiger partial charge in [0.1, 0.15) is 6.10 Å². The highest BCUT2D eigenvalue weighted by Gasteiger charge is 2.45. The molecule has 6 heteroatoms.